The number of aliphatic hydroxyl groups is 3. The number of pyridine rings is 1. The van der Waals surface area contributed by atoms with Gasteiger partial charge in [0.15, 0.2) is 23.6 Å². The number of aliphatic imine (C=N–C) groups is 6. The van der Waals surface area contributed by atoms with Gasteiger partial charge in [-0.1, -0.05) is 290 Å². The molecule has 3 unspecified atom stereocenters. The molecule has 1 aromatic heterocycles. The number of sulfonamides is 2. The molecule has 5 N–H and O–H groups in total. The fourth-order valence-corrected chi connectivity index (χ4v) is 22.3. The third-order valence-electron chi connectivity index (χ3n) is 27.9. The molecular weight excluding hydrogens is 1760 g/mol. The number of aromatic nitrogens is 1. The van der Waals surface area contributed by atoms with E-state index in [4.69, 9.17) is 58.4 Å². The van der Waals surface area contributed by atoms with Gasteiger partial charge in [0.05, 0.1) is 58.7 Å². The van der Waals surface area contributed by atoms with Gasteiger partial charge in [-0.25, -0.2) is 61.2 Å². The van der Waals surface area contributed by atoms with Gasteiger partial charge in [0, 0.05) is 18.0 Å². The van der Waals surface area contributed by atoms with Crippen LogP contribution in [0.4, 0.5) is 0 Å². The van der Waals surface area contributed by atoms with Gasteiger partial charge in [0.1, 0.15) is 73.9 Å². The van der Waals surface area contributed by atoms with Crippen LogP contribution < -0.4 is 9.44 Å². The molecule has 1 saturated heterocycles. The van der Waals surface area contributed by atoms with Crippen LogP contribution in [0.15, 0.2) is 302 Å². The quantitative estimate of drug-likeness (QED) is 0.0320. The maximum Gasteiger partial charge on any atom is 0.241 e. The summed E-state index contributed by atoms with van der Waals surface area (Å²) < 4.78 is 91.4. The van der Waals surface area contributed by atoms with Crippen LogP contribution in [0.25, 0.3) is 10.8 Å². The fourth-order valence-electron chi connectivity index (χ4n) is 19.1. The summed E-state index contributed by atoms with van der Waals surface area (Å²) in [5, 5.41) is 33.3. The second-order valence-electron chi connectivity index (χ2n) is 40.1. The first kappa shape index (κ1) is 102. The predicted molar refractivity (Wildman–Crippen MR) is 547 cm³/mol. The van der Waals surface area contributed by atoms with E-state index in [9.17, 15) is 32.2 Å². The molecule has 10 aromatic rings. The third-order valence-corrected chi connectivity index (χ3v) is 30.8. The Balaban J connectivity index is 0.000000133. The summed E-state index contributed by atoms with van der Waals surface area (Å²) in [6.07, 6.45) is 5.98. The number of ether oxygens (including phenoxy) is 6. The predicted octanol–water partition coefficient (Wildman–Crippen LogP) is 19.6. The largest absolute Gasteiger partial charge is 0.478 e. The lowest BCUT2D eigenvalue weighted by Gasteiger charge is -2.40. The third kappa shape index (κ3) is 25.7. The number of aliphatic hydroxyl groups excluding tert-OH is 2. The summed E-state index contributed by atoms with van der Waals surface area (Å²) in [5.74, 6) is 5.59. The van der Waals surface area contributed by atoms with Crippen molar-refractivity contribution in [1.29, 1.82) is 0 Å². The van der Waals surface area contributed by atoms with Crippen LogP contribution in [0.3, 0.4) is 0 Å². The van der Waals surface area contributed by atoms with Gasteiger partial charge >= 0.3 is 0 Å². The molecule has 9 aromatic carbocycles. The molecule has 25 heteroatoms. The number of aryl methyl sites for hydroxylation is 1. The van der Waals surface area contributed by atoms with Crippen molar-refractivity contribution < 1.29 is 60.6 Å². The minimum atomic E-state index is -3.72. The van der Waals surface area contributed by atoms with Crippen LogP contribution in [0.2, 0.25) is 0 Å². The zero-order valence-electron chi connectivity index (χ0n) is 81.7. The van der Waals surface area contributed by atoms with E-state index in [1.165, 1.54) is 24.0 Å². The molecule has 0 spiro atoms. The molecule has 2 bridgehead atoms. The highest BCUT2D eigenvalue weighted by Crippen LogP contribution is 2.66. The summed E-state index contributed by atoms with van der Waals surface area (Å²) in [5.41, 5.74) is 7.26. The van der Waals surface area contributed by atoms with Gasteiger partial charge < -0.3 is 43.7 Å². The monoisotopic (exact) mass is 1890 g/mol. The van der Waals surface area contributed by atoms with Crippen molar-refractivity contribution in [3.05, 3.63) is 323 Å². The number of hydrogen-bond donors (Lipinski definition) is 5. The summed E-state index contributed by atoms with van der Waals surface area (Å²) in [6, 6.07) is 86.8. The normalized spacial score (nSPS) is 22.7. The minimum Gasteiger partial charge on any atom is -0.478 e. The van der Waals surface area contributed by atoms with Crippen molar-refractivity contribution in [3.8, 4) is 0 Å². The van der Waals surface area contributed by atoms with Gasteiger partial charge in [0.25, 0.3) is 0 Å². The number of nitrogens with zero attached hydrogens (tertiary/aromatic N) is 8. The molecule has 0 radical (unpaired) electrons. The van der Waals surface area contributed by atoms with Crippen molar-refractivity contribution in [1.82, 2.24) is 19.3 Å². The minimum absolute atomic E-state index is 0.00388. The molecule has 2 aliphatic carbocycles. The smallest absolute Gasteiger partial charge is 0.241 e. The fraction of sp³-hybridized carbons (Fsp3) is 0.438. The maximum absolute atomic E-state index is 12.9. The summed E-state index contributed by atoms with van der Waals surface area (Å²) in [6.45, 7) is 34.6. The van der Waals surface area contributed by atoms with Crippen molar-refractivity contribution >= 4 is 66.2 Å². The molecule has 9 aliphatic rings. The van der Waals surface area contributed by atoms with Gasteiger partial charge in [-0.05, 0) is 211 Å². The van der Waals surface area contributed by atoms with Crippen molar-refractivity contribution in [2.24, 2.45) is 69.4 Å². The van der Waals surface area contributed by atoms with Crippen LogP contribution in [0.1, 0.15) is 202 Å². The van der Waals surface area contributed by atoms with E-state index in [0.717, 1.165) is 107 Å². The first-order chi connectivity index (χ1) is 65.5. The average molecular weight is 1900 g/mol. The van der Waals surface area contributed by atoms with Gasteiger partial charge in [-0.2, -0.15) is 0 Å². The molecule has 23 nitrogen and oxygen atoms in total. The Morgan fingerprint density at radius 2 is 0.920 bits per heavy atom. The van der Waals surface area contributed by atoms with Crippen molar-refractivity contribution in [2.45, 2.75) is 219 Å². The molecule has 19 rings (SSSR count). The van der Waals surface area contributed by atoms with Crippen LogP contribution in [0.5, 0.6) is 0 Å². The first-order valence-electron chi connectivity index (χ1n) is 48.4. The highest BCUT2D eigenvalue weighted by molar-refractivity contribution is 7.89. The molecular formula is C112H138N10O13S2. The zero-order valence-corrected chi connectivity index (χ0v) is 83.4. The number of likely N-dealkylation sites (tertiary alicyclic amines) is 1. The van der Waals surface area contributed by atoms with Gasteiger partial charge in [-0.15, -0.1) is 0 Å². The van der Waals surface area contributed by atoms with E-state index in [1.807, 2.05) is 165 Å². The Kier molecular flexibility index (Phi) is 33.6. The lowest BCUT2D eigenvalue weighted by molar-refractivity contribution is 0.0152. The first-order valence-corrected chi connectivity index (χ1v) is 51.5. The van der Waals surface area contributed by atoms with Crippen LogP contribution >= 0.6 is 0 Å². The topological polar surface area (TPSA) is 299 Å². The molecule has 12 atom stereocenters. The number of benzene rings is 9. The van der Waals surface area contributed by atoms with E-state index < -0.39 is 48.6 Å². The Labute approximate surface area is 811 Å². The molecule has 0 amide bonds. The van der Waals surface area contributed by atoms with Gasteiger partial charge in [-0.3, -0.25) is 4.90 Å². The average Bonchev–Trinajstić information content (AvgIpc) is 1.54. The van der Waals surface area contributed by atoms with E-state index in [-0.39, 0.29) is 76.4 Å². The van der Waals surface area contributed by atoms with Gasteiger partial charge in [0.2, 0.25) is 31.8 Å². The number of nitrogens with one attached hydrogen (secondary N) is 2. The molecule has 8 heterocycles. The standard InChI is InChI=1S/C23H19N3O2.C23H26N2O2.C21H27NO3S.C17H21NO3S.C15H26N2O2.C13H19NO/c1-3-8-16(9-4-1)20-14-27-22(25-20)18-12-7-13-19(24-18)23-26-21(15-28-23)17-10-5-2-6-11-17;1-23(2,21-24-19(15-26-21)13-17-9-5-3-6-10-17)22-25-20(16-27-22)14-18-11-7-4-8-12-18;1-20(2)17-10-11-21(20,19(23)12-17)14-26(24,25)22-13-16-8-5-7-15-6-3-4-9-18(15)16;1-13-9-11-15(12-10-13)22(20,21)18-16(17(2,3)19)14-7-5-4-6-8-14;1-9(2)11-7-18-13(16-11)15(5,6)14-17-12(8-19-14)10(3)4;1-11(14-9-5-6-10-14)13(15)12-7-3-2-4-8-12/h1-13,20-21H,14-15H2;3-12,19-20H,13-16H2,1-2H3;3-9,17,19,22-23H,10-14H2,1-2H3;4-12,16,18-19H,1-3H3;9-12H,7-8H2,1-6H3;2-4,7-8,11,13,15H,5-6,9-10H2,1H3/t20-,21-;19-,20-;;16-;11-,12-;11-,13-/m11.100/s1. The molecule has 2 saturated carbocycles. The Bertz CT molecular complexity index is 5870. The molecule has 137 heavy (non-hydrogen) atoms. The highest BCUT2D eigenvalue weighted by Gasteiger charge is 2.65. The van der Waals surface area contributed by atoms with Crippen molar-refractivity contribution in [3.63, 3.8) is 0 Å². The molecule has 3 fully saturated rings. The van der Waals surface area contributed by atoms with E-state index in [1.54, 1.807) is 50.2 Å². The molecule has 7 aliphatic heterocycles. The summed E-state index contributed by atoms with van der Waals surface area (Å²) >= 11 is 0. The van der Waals surface area contributed by atoms with Crippen LogP contribution in [-0.4, -0.2) is 178 Å². The van der Waals surface area contributed by atoms with Crippen LogP contribution in [0, 0.1) is 46.3 Å². The number of hydrogen-bond acceptors (Lipinski definition) is 21. The Morgan fingerprint density at radius 3 is 1.37 bits per heavy atom. The second-order valence-corrected chi connectivity index (χ2v) is 43.7. The molecule has 726 valence electrons. The summed E-state index contributed by atoms with van der Waals surface area (Å²) in [4.78, 5) is 35.8. The lowest BCUT2D eigenvalue weighted by atomic mass is 9.70. The Morgan fingerprint density at radius 1 is 0.489 bits per heavy atom. The van der Waals surface area contributed by atoms with Crippen LogP contribution in [-0.2, 0) is 67.9 Å². The highest BCUT2D eigenvalue weighted by atomic mass is 32.2. The number of fused-ring (bicyclic) bond motifs is 3. The Hall–Kier alpha value is -11.1. The van der Waals surface area contributed by atoms with E-state index in [0.29, 0.717) is 86.1 Å². The van der Waals surface area contributed by atoms with E-state index >= 15 is 0 Å². The van der Waals surface area contributed by atoms with Crippen molar-refractivity contribution in [2.75, 3.05) is 58.5 Å². The second kappa shape index (κ2) is 45.2. The van der Waals surface area contributed by atoms with E-state index in [2.05, 4.69) is 168 Å². The summed E-state index contributed by atoms with van der Waals surface area (Å²) in [7, 11) is -7.21. The maximum atomic E-state index is 12.9. The zero-order chi connectivity index (χ0) is 97.3. The number of rotatable bonds is 27. The lowest BCUT2D eigenvalue weighted by Crippen LogP contribution is -2.47. The SMILES string of the molecule is CC(C)(C1=N[C@H](Cc2ccccc2)CO1)C1=N[C@H](Cc2ccccc2)CO1.CC(C)[C@@H]1COC(C(C)(C)C2=N[C@H](C(C)C)CO2)=N1.CC1(C)C2CCC1(CS(=O)(=O)NCc1cccc3ccccc13)C(O)C2.C[C@@H]([C@H](O)c1ccccc1)N1CCCC1.Cc1ccc(S(=O)(=O)N[C@H](c2ccccc2)C(C)(C)O)cc1.c1ccc([C@H]2COC(c3cccc(C4=N[C@@H](c5ccccc5)CO4)n3)=N2)cc1.